The molecule has 10 amide bonds. The number of rotatable bonds is 12. The number of carbonyl (C=O) groups is 11. The van der Waals surface area contributed by atoms with Crippen molar-refractivity contribution in [3.63, 3.8) is 0 Å². The van der Waals surface area contributed by atoms with E-state index in [2.05, 4.69) is 16.0 Å². The van der Waals surface area contributed by atoms with Gasteiger partial charge >= 0.3 is 5.97 Å². The highest BCUT2D eigenvalue weighted by atomic mass is 16.5. The standard InChI is InChI=1S/C57H96N10O12/c1-30(2)22-39-52(73)63(17)47(34(9)10)56(77)65-21-19-20-41(65)54(75)62(16)42(24-32(5)6)49(70)58-27-45(69)79-37(13)48(51(72)60-40(23-31(3)4)53(74)66-28-35(11)25-43(66)50(71)59-39)64(18)55(76)44-26-36(12)29-67(44)57(78)46(33(7)8)61(15)38(14)68/h30-37,39-44,46-48H,19-29H2,1-18H3,(H,58,70)(H,59,71)(H,60,72). The molecule has 22 nitrogen and oxygen atoms in total. The average Bonchev–Trinajstić information content (AvgIpc) is 4.11. The molecule has 0 aromatic rings. The van der Waals surface area contributed by atoms with Gasteiger partial charge in [-0.25, -0.2) is 0 Å². The van der Waals surface area contributed by atoms with Gasteiger partial charge in [-0.05, 0) is 93.3 Å². The highest BCUT2D eigenvalue weighted by molar-refractivity contribution is 5.99. The molecule has 0 aliphatic carbocycles. The molecule has 0 radical (unpaired) electrons. The minimum absolute atomic E-state index is 0.0906. The summed E-state index contributed by atoms with van der Waals surface area (Å²) >= 11 is 0. The number of cyclic esters (lactones) is 1. The maximum absolute atomic E-state index is 15.1. The van der Waals surface area contributed by atoms with Crippen LogP contribution >= 0.6 is 0 Å². The first-order valence-corrected chi connectivity index (χ1v) is 28.7. The van der Waals surface area contributed by atoms with Crippen LogP contribution < -0.4 is 16.0 Å². The van der Waals surface area contributed by atoms with E-state index in [1.54, 1.807) is 27.7 Å². The zero-order valence-corrected chi connectivity index (χ0v) is 50.6. The van der Waals surface area contributed by atoms with Crippen molar-refractivity contribution in [2.24, 2.45) is 41.4 Å². The van der Waals surface area contributed by atoms with Crippen LogP contribution in [0, 0.1) is 41.4 Å². The number of nitrogens with one attached hydrogen (secondary N) is 3. The second-order valence-electron chi connectivity index (χ2n) is 25.1. The SMILES string of the molecule is CC(=O)N(C)C(C(=O)N1CC(C)CC1C(=O)N(C)C1C(=O)NC(CC(C)C)C(=O)N2CC(C)CC2C(=O)NC(CC(C)C)C(=O)N(C)C(C(C)C)C(=O)N2CCCC2C(=O)N(C)C(CC(C)C)C(=O)NCC(=O)OC1C)C(C)C. The van der Waals surface area contributed by atoms with Crippen molar-refractivity contribution in [2.75, 3.05) is 54.4 Å². The number of hydrogen-bond acceptors (Lipinski definition) is 12. The van der Waals surface area contributed by atoms with Crippen LogP contribution in [0.1, 0.15) is 142 Å². The van der Waals surface area contributed by atoms with Gasteiger partial charge in [-0.1, -0.05) is 83.1 Å². The van der Waals surface area contributed by atoms with E-state index in [4.69, 9.17) is 4.74 Å². The molecule has 3 N–H and O–H groups in total. The summed E-state index contributed by atoms with van der Waals surface area (Å²) in [4.78, 5) is 169. The number of likely N-dealkylation sites (tertiary alicyclic amines) is 1. The van der Waals surface area contributed by atoms with Gasteiger partial charge in [0.15, 0.2) is 0 Å². The number of amides is 10. The molecule has 79 heavy (non-hydrogen) atoms. The zero-order chi connectivity index (χ0) is 59.8. The summed E-state index contributed by atoms with van der Waals surface area (Å²) in [5, 5.41) is 8.44. The molecule has 12 atom stereocenters. The fraction of sp³-hybridized carbons (Fsp3) is 0.807. The number of esters is 1. The van der Waals surface area contributed by atoms with Crippen LogP contribution in [0.25, 0.3) is 0 Å². The van der Waals surface area contributed by atoms with E-state index < -0.39 is 132 Å². The summed E-state index contributed by atoms with van der Waals surface area (Å²) in [6.45, 7) is 24.8. The van der Waals surface area contributed by atoms with Crippen molar-refractivity contribution in [2.45, 2.75) is 202 Å². The zero-order valence-electron chi connectivity index (χ0n) is 50.6. The monoisotopic (exact) mass is 1110 g/mol. The molecule has 4 aliphatic rings. The Morgan fingerprint density at radius 1 is 0.658 bits per heavy atom. The van der Waals surface area contributed by atoms with Crippen LogP contribution in [0.4, 0.5) is 0 Å². The molecule has 0 aromatic carbocycles. The molecule has 0 bridgehead atoms. The minimum atomic E-state index is -1.63. The van der Waals surface area contributed by atoms with Crippen LogP contribution in [0.15, 0.2) is 0 Å². The normalized spacial score (nSPS) is 29.2. The number of ether oxygens (including phenoxy) is 1. The van der Waals surface area contributed by atoms with Gasteiger partial charge in [0.2, 0.25) is 59.1 Å². The maximum atomic E-state index is 15.1. The highest BCUT2D eigenvalue weighted by Crippen LogP contribution is 2.31. The Labute approximate surface area is 469 Å². The summed E-state index contributed by atoms with van der Waals surface area (Å²) in [6.07, 6.45) is 0.259. The topological polar surface area (TPSA) is 256 Å². The van der Waals surface area contributed by atoms with Crippen molar-refractivity contribution >= 4 is 65.0 Å². The molecule has 0 spiro atoms. The van der Waals surface area contributed by atoms with Gasteiger partial charge in [0.05, 0.1) is 0 Å². The predicted octanol–water partition coefficient (Wildman–Crippen LogP) is 2.26. The quantitative estimate of drug-likeness (QED) is 0.238. The van der Waals surface area contributed by atoms with Gasteiger partial charge in [-0.3, -0.25) is 52.7 Å². The number of carbonyl (C=O) groups excluding carboxylic acids is 11. The Morgan fingerprint density at radius 2 is 1.22 bits per heavy atom. The van der Waals surface area contributed by atoms with E-state index in [1.807, 2.05) is 55.4 Å². The van der Waals surface area contributed by atoms with Crippen LogP contribution in [-0.4, -0.2) is 214 Å². The molecule has 446 valence electrons. The van der Waals surface area contributed by atoms with Crippen molar-refractivity contribution in [1.82, 2.24) is 50.2 Å². The fourth-order valence-corrected chi connectivity index (χ4v) is 12.1. The third-order valence-electron chi connectivity index (χ3n) is 16.1. The number of likely N-dealkylation sites (N-methyl/N-ethyl adjacent to an activating group) is 4. The molecule has 4 saturated heterocycles. The Kier molecular flexibility index (Phi) is 23.3. The lowest BCUT2D eigenvalue weighted by Gasteiger charge is -2.38. The van der Waals surface area contributed by atoms with E-state index in [9.17, 15) is 38.4 Å². The summed E-state index contributed by atoms with van der Waals surface area (Å²) in [5.74, 6) is -8.16. The van der Waals surface area contributed by atoms with E-state index >= 15 is 14.4 Å². The van der Waals surface area contributed by atoms with Gasteiger partial charge in [0.1, 0.15) is 67.0 Å². The van der Waals surface area contributed by atoms with Gasteiger partial charge < -0.3 is 55.0 Å². The molecule has 4 heterocycles. The smallest absolute Gasteiger partial charge is 0.325 e. The Hall–Kier alpha value is -5.83. The predicted molar refractivity (Wildman–Crippen MR) is 296 cm³/mol. The molecule has 12 unspecified atom stereocenters. The van der Waals surface area contributed by atoms with E-state index in [-0.39, 0.29) is 93.2 Å². The first-order chi connectivity index (χ1) is 36.7. The van der Waals surface area contributed by atoms with Crippen LogP contribution in [0.2, 0.25) is 0 Å². The summed E-state index contributed by atoms with van der Waals surface area (Å²) in [5.41, 5.74) is 0. The summed E-state index contributed by atoms with van der Waals surface area (Å²) < 4.78 is 5.91. The lowest BCUT2D eigenvalue weighted by atomic mass is 9.97. The maximum Gasteiger partial charge on any atom is 0.325 e. The molecule has 0 saturated carbocycles. The largest absolute Gasteiger partial charge is 0.459 e. The summed E-state index contributed by atoms with van der Waals surface area (Å²) in [7, 11) is 5.86. The minimum Gasteiger partial charge on any atom is -0.459 e. The molecule has 4 fully saturated rings. The molecular formula is C57H96N10O12. The third-order valence-corrected chi connectivity index (χ3v) is 16.1. The molecular weight excluding hydrogens is 1020 g/mol. The lowest BCUT2D eigenvalue weighted by Crippen LogP contribution is -2.62. The first kappa shape index (κ1) is 65.7. The summed E-state index contributed by atoms with van der Waals surface area (Å²) in [6, 6.07) is -10.2. The Bertz CT molecular complexity index is 2260. The Morgan fingerprint density at radius 3 is 1.76 bits per heavy atom. The van der Waals surface area contributed by atoms with Gasteiger partial charge in [0, 0.05) is 54.7 Å². The average molecular weight is 1110 g/mol. The second kappa shape index (κ2) is 28.0. The van der Waals surface area contributed by atoms with Crippen LogP contribution in [0.5, 0.6) is 0 Å². The highest BCUT2D eigenvalue weighted by Gasteiger charge is 2.49. The van der Waals surface area contributed by atoms with Gasteiger partial charge in [-0.2, -0.15) is 0 Å². The van der Waals surface area contributed by atoms with Crippen molar-refractivity contribution in [3.8, 4) is 0 Å². The first-order valence-electron chi connectivity index (χ1n) is 28.7. The van der Waals surface area contributed by atoms with Crippen molar-refractivity contribution in [1.29, 1.82) is 0 Å². The van der Waals surface area contributed by atoms with E-state index in [0.717, 1.165) is 4.90 Å². The third kappa shape index (κ3) is 16.0. The van der Waals surface area contributed by atoms with Gasteiger partial charge in [0.25, 0.3) is 0 Å². The Balaban J connectivity index is 1.87. The number of nitrogens with zero attached hydrogens (tertiary/aromatic N) is 7. The number of hydrogen-bond donors (Lipinski definition) is 3. The second-order valence-corrected chi connectivity index (χ2v) is 25.1. The lowest BCUT2D eigenvalue weighted by molar-refractivity contribution is -0.160. The van der Waals surface area contributed by atoms with Crippen molar-refractivity contribution < 1.29 is 57.5 Å². The molecule has 0 aromatic heterocycles. The molecule has 22 heteroatoms. The van der Waals surface area contributed by atoms with Crippen LogP contribution in [-0.2, 0) is 57.5 Å². The molecule has 4 rings (SSSR count). The van der Waals surface area contributed by atoms with Gasteiger partial charge in [-0.15, -0.1) is 0 Å². The molecule has 4 aliphatic heterocycles. The number of fused-ring (bicyclic) bond motifs is 2. The van der Waals surface area contributed by atoms with E-state index in [0.29, 0.717) is 12.8 Å². The van der Waals surface area contributed by atoms with E-state index in [1.165, 1.54) is 71.4 Å². The fourth-order valence-electron chi connectivity index (χ4n) is 12.1. The van der Waals surface area contributed by atoms with Crippen LogP contribution in [0.3, 0.4) is 0 Å². The van der Waals surface area contributed by atoms with Crippen molar-refractivity contribution in [3.05, 3.63) is 0 Å².